The molecule has 12 heavy (non-hydrogen) atoms. The Bertz CT molecular complexity index is 273. The van der Waals surface area contributed by atoms with Crippen molar-refractivity contribution in [3.63, 3.8) is 0 Å². The highest BCUT2D eigenvalue weighted by Gasteiger charge is 2.19. The van der Waals surface area contributed by atoms with Gasteiger partial charge in [-0.3, -0.25) is 0 Å². The number of halogens is 1. The van der Waals surface area contributed by atoms with Crippen LogP contribution in [0.2, 0.25) is 0 Å². The molecular formula is C9H13FOS. The molecule has 0 aliphatic carbocycles. The molecule has 0 bridgehead atoms. The zero-order chi connectivity index (χ0) is 9.35. The maximum atomic E-state index is 13.0. The van der Waals surface area contributed by atoms with E-state index in [-0.39, 0.29) is 11.2 Å². The van der Waals surface area contributed by atoms with Gasteiger partial charge in [0.2, 0.25) is 5.06 Å². The molecule has 0 unspecified atom stereocenters. The summed E-state index contributed by atoms with van der Waals surface area (Å²) in [6, 6.07) is 1.55. The van der Waals surface area contributed by atoms with Gasteiger partial charge in [-0.15, -0.1) is 11.3 Å². The Balaban J connectivity index is 3.05. The maximum Gasteiger partial charge on any atom is 0.210 e. The predicted molar refractivity (Wildman–Crippen MR) is 49.5 cm³/mol. The first kappa shape index (κ1) is 9.52. The van der Waals surface area contributed by atoms with Gasteiger partial charge in [0, 0.05) is 4.88 Å². The minimum atomic E-state index is -0.257. The van der Waals surface area contributed by atoms with Crippen LogP contribution in [0.1, 0.15) is 25.6 Å². The lowest BCUT2D eigenvalue weighted by molar-refractivity contribution is 0.400. The highest BCUT2D eigenvalue weighted by Crippen LogP contribution is 2.36. The van der Waals surface area contributed by atoms with Crippen LogP contribution in [-0.2, 0) is 5.41 Å². The summed E-state index contributed by atoms with van der Waals surface area (Å²) in [5, 5.41) is 0.375. The minimum absolute atomic E-state index is 0.00227. The summed E-state index contributed by atoms with van der Waals surface area (Å²) < 4.78 is 17.9. The summed E-state index contributed by atoms with van der Waals surface area (Å²) in [6.45, 7) is 6.16. The van der Waals surface area contributed by atoms with Crippen molar-refractivity contribution in [3.05, 3.63) is 16.8 Å². The minimum Gasteiger partial charge on any atom is -0.485 e. The van der Waals surface area contributed by atoms with Gasteiger partial charge in [0.05, 0.1) is 7.11 Å². The predicted octanol–water partition coefficient (Wildman–Crippen LogP) is 3.19. The molecule has 3 heteroatoms. The van der Waals surface area contributed by atoms with Crippen LogP contribution in [0.15, 0.2) is 6.07 Å². The monoisotopic (exact) mass is 188 g/mol. The van der Waals surface area contributed by atoms with E-state index >= 15 is 0 Å². The van der Waals surface area contributed by atoms with Gasteiger partial charge in [-0.25, -0.2) is 4.39 Å². The number of methoxy groups -OCH3 is 1. The molecule has 0 atom stereocenters. The molecule has 0 saturated carbocycles. The van der Waals surface area contributed by atoms with Gasteiger partial charge < -0.3 is 4.74 Å². The lowest BCUT2D eigenvalue weighted by atomic mass is 9.95. The summed E-state index contributed by atoms with van der Waals surface area (Å²) in [6.07, 6.45) is 0. The lowest BCUT2D eigenvalue weighted by Crippen LogP contribution is -2.07. The van der Waals surface area contributed by atoms with Crippen LogP contribution in [0.4, 0.5) is 4.39 Å². The molecule has 0 aliphatic rings. The molecule has 1 rings (SSSR count). The van der Waals surface area contributed by atoms with E-state index in [1.165, 1.54) is 18.4 Å². The molecule has 0 radical (unpaired) electrons. The molecular weight excluding hydrogens is 175 g/mol. The molecule has 0 amide bonds. The zero-order valence-corrected chi connectivity index (χ0v) is 8.59. The topological polar surface area (TPSA) is 9.23 Å². The fraction of sp³-hybridized carbons (Fsp3) is 0.556. The van der Waals surface area contributed by atoms with Crippen LogP contribution in [0.5, 0.6) is 5.06 Å². The Morgan fingerprint density at radius 3 is 2.25 bits per heavy atom. The Morgan fingerprint density at radius 1 is 1.42 bits per heavy atom. The van der Waals surface area contributed by atoms with Gasteiger partial charge >= 0.3 is 0 Å². The van der Waals surface area contributed by atoms with Crippen molar-refractivity contribution in [1.82, 2.24) is 0 Å². The number of thiophene rings is 1. The summed E-state index contributed by atoms with van der Waals surface area (Å²) in [4.78, 5) is 1.01. The Morgan fingerprint density at radius 2 is 2.00 bits per heavy atom. The molecule has 1 heterocycles. The maximum absolute atomic E-state index is 13.0. The van der Waals surface area contributed by atoms with Crippen molar-refractivity contribution in [3.8, 4) is 5.06 Å². The van der Waals surface area contributed by atoms with Gasteiger partial charge in [0.15, 0.2) is 5.82 Å². The molecule has 0 aromatic carbocycles. The highest BCUT2D eigenvalue weighted by molar-refractivity contribution is 7.14. The number of rotatable bonds is 1. The first-order chi connectivity index (χ1) is 5.45. The average molecular weight is 188 g/mol. The quantitative estimate of drug-likeness (QED) is 0.657. The van der Waals surface area contributed by atoms with E-state index in [9.17, 15) is 4.39 Å². The van der Waals surface area contributed by atoms with E-state index in [2.05, 4.69) is 20.8 Å². The van der Waals surface area contributed by atoms with E-state index in [1.807, 2.05) is 0 Å². The second-order valence-corrected chi connectivity index (χ2v) is 4.71. The summed E-state index contributed by atoms with van der Waals surface area (Å²) in [5.41, 5.74) is 0.00227. The Kier molecular flexibility index (Phi) is 2.42. The zero-order valence-electron chi connectivity index (χ0n) is 7.77. The summed E-state index contributed by atoms with van der Waals surface area (Å²) >= 11 is 1.37. The van der Waals surface area contributed by atoms with Gasteiger partial charge in [-0.1, -0.05) is 20.8 Å². The smallest absolute Gasteiger partial charge is 0.210 e. The van der Waals surface area contributed by atoms with E-state index < -0.39 is 0 Å². The van der Waals surface area contributed by atoms with Gasteiger partial charge in [-0.2, -0.15) is 0 Å². The molecule has 0 aliphatic heterocycles. The van der Waals surface area contributed by atoms with Crippen molar-refractivity contribution in [2.75, 3.05) is 7.11 Å². The van der Waals surface area contributed by atoms with E-state index in [0.717, 1.165) is 4.88 Å². The third-order valence-corrected chi connectivity index (χ3v) is 3.08. The van der Waals surface area contributed by atoms with Crippen LogP contribution < -0.4 is 4.74 Å². The molecule has 68 valence electrons. The van der Waals surface area contributed by atoms with Gasteiger partial charge in [0.1, 0.15) is 0 Å². The first-order valence-electron chi connectivity index (χ1n) is 3.79. The Labute approximate surface area is 76.2 Å². The normalized spacial score (nSPS) is 11.8. The van der Waals surface area contributed by atoms with Crippen LogP contribution in [0, 0.1) is 5.82 Å². The molecule has 0 N–H and O–H groups in total. The van der Waals surface area contributed by atoms with Crippen molar-refractivity contribution in [2.45, 2.75) is 26.2 Å². The Hall–Kier alpha value is -0.570. The van der Waals surface area contributed by atoms with Gasteiger partial charge in [0.25, 0.3) is 0 Å². The summed E-state index contributed by atoms with van der Waals surface area (Å²) in [7, 11) is 1.49. The molecule has 0 fully saturated rings. The lowest BCUT2D eigenvalue weighted by Gasteiger charge is -2.14. The molecule has 1 aromatic rings. The molecule has 1 aromatic heterocycles. The van der Waals surface area contributed by atoms with Crippen molar-refractivity contribution in [1.29, 1.82) is 0 Å². The van der Waals surface area contributed by atoms with E-state index in [1.54, 1.807) is 6.07 Å². The van der Waals surface area contributed by atoms with Gasteiger partial charge in [-0.05, 0) is 11.5 Å². The largest absolute Gasteiger partial charge is 0.485 e. The van der Waals surface area contributed by atoms with Crippen LogP contribution in [0.3, 0.4) is 0 Å². The fourth-order valence-corrected chi connectivity index (χ4v) is 1.77. The van der Waals surface area contributed by atoms with Crippen LogP contribution in [-0.4, -0.2) is 7.11 Å². The number of ether oxygens (including phenoxy) is 1. The highest BCUT2D eigenvalue weighted by atomic mass is 32.1. The molecule has 0 spiro atoms. The number of hydrogen-bond donors (Lipinski definition) is 0. The van der Waals surface area contributed by atoms with Crippen LogP contribution in [0.25, 0.3) is 0 Å². The first-order valence-corrected chi connectivity index (χ1v) is 4.60. The standard InChI is InChI=1S/C9H13FOS/c1-9(2,3)7-5-6(10)8(11-4)12-7/h5H,1-4H3. The van der Waals surface area contributed by atoms with Crippen molar-refractivity contribution >= 4 is 11.3 Å². The van der Waals surface area contributed by atoms with E-state index in [0.29, 0.717) is 5.06 Å². The third kappa shape index (κ3) is 1.78. The third-order valence-electron chi connectivity index (χ3n) is 1.58. The van der Waals surface area contributed by atoms with E-state index in [4.69, 9.17) is 4.74 Å². The second-order valence-electron chi connectivity index (χ2n) is 3.70. The molecule has 0 saturated heterocycles. The second kappa shape index (κ2) is 3.05. The average Bonchev–Trinajstić information content (AvgIpc) is 2.29. The van der Waals surface area contributed by atoms with Crippen molar-refractivity contribution < 1.29 is 9.13 Å². The SMILES string of the molecule is COc1sc(C(C)(C)C)cc1F. The number of hydrogen-bond acceptors (Lipinski definition) is 2. The summed E-state index contributed by atoms with van der Waals surface area (Å²) in [5.74, 6) is -0.257. The molecule has 1 nitrogen and oxygen atoms in total. The van der Waals surface area contributed by atoms with Crippen LogP contribution >= 0.6 is 11.3 Å². The fourth-order valence-electron chi connectivity index (χ4n) is 0.861. The van der Waals surface area contributed by atoms with Crippen molar-refractivity contribution in [2.24, 2.45) is 0 Å².